The Kier molecular flexibility index (Phi) is 5.41. The number of hydrogen-bond acceptors (Lipinski definition) is 3. The Morgan fingerprint density at radius 1 is 1.26 bits per heavy atom. The predicted octanol–water partition coefficient (Wildman–Crippen LogP) is 1.68. The van der Waals surface area contributed by atoms with E-state index in [4.69, 9.17) is 5.11 Å². The average Bonchev–Trinajstić information content (AvgIpc) is 2.38. The minimum absolute atomic E-state index is 0.0572. The van der Waals surface area contributed by atoms with E-state index in [2.05, 4.69) is 13.2 Å². The number of nitrogens with zero attached hydrogens (tertiary/aromatic N) is 1. The van der Waals surface area contributed by atoms with Gasteiger partial charge in [-0.15, -0.1) is 13.2 Å². The highest BCUT2D eigenvalue weighted by molar-refractivity contribution is 7.89. The number of sulfonamides is 1. The molecule has 0 aliphatic rings. The summed E-state index contributed by atoms with van der Waals surface area (Å²) in [5.74, 6) is -0.638. The van der Waals surface area contributed by atoms with Gasteiger partial charge < -0.3 is 5.11 Å². The van der Waals surface area contributed by atoms with Gasteiger partial charge in [-0.3, -0.25) is 0 Å². The van der Waals surface area contributed by atoms with Gasteiger partial charge in [-0.2, -0.15) is 4.31 Å². The number of aliphatic hydroxyl groups excluding tert-OH is 1. The van der Waals surface area contributed by atoms with Crippen LogP contribution in [-0.4, -0.2) is 30.9 Å². The Balaban J connectivity index is 3.24. The largest absolute Gasteiger partial charge is 0.392 e. The molecule has 0 aliphatic carbocycles. The summed E-state index contributed by atoms with van der Waals surface area (Å²) >= 11 is 0. The molecule has 0 spiro atoms. The van der Waals surface area contributed by atoms with Gasteiger partial charge in [-0.25, -0.2) is 12.8 Å². The molecule has 19 heavy (non-hydrogen) atoms. The molecule has 1 aromatic rings. The molecule has 0 heterocycles. The molecule has 1 rings (SSSR count). The first kappa shape index (κ1) is 15.6. The van der Waals surface area contributed by atoms with Gasteiger partial charge in [-0.1, -0.05) is 12.2 Å². The van der Waals surface area contributed by atoms with Crippen LogP contribution in [0.25, 0.3) is 0 Å². The van der Waals surface area contributed by atoms with Crippen molar-refractivity contribution in [3.05, 3.63) is 54.9 Å². The second-order valence-corrected chi connectivity index (χ2v) is 5.75. The molecule has 0 atom stereocenters. The molecular formula is C13H16FNO3S. The van der Waals surface area contributed by atoms with Crippen molar-refractivity contribution in [2.75, 3.05) is 13.1 Å². The zero-order valence-electron chi connectivity index (χ0n) is 10.4. The third-order valence-corrected chi connectivity index (χ3v) is 4.32. The van der Waals surface area contributed by atoms with Crippen LogP contribution >= 0.6 is 0 Å². The highest BCUT2D eigenvalue weighted by Gasteiger charge is 2.23. The maximum absolute atomic E-state index is 13.3. The maximum atomic E-state index is 13.3. The van der Waals surface area contributed by atoms with E-state index in [0.717, 1.165) is 16.4 Å². The van der Waals surface area contributed by atoms with E-state index in [-0.39, 0.29) is 23.5 Å². The summed E-state index contributed by atoms with van der Waals surface area (Å²) in [4.78, 5) is -0.0679. The van der Waals surface area contributed by atoms with Crippen molar-refractivity contribution in [1.82, 2.24) is 4.31 Å². The molecule has 0 unspecified atom stereocenters. The van der Waals surface area contributed by atoms with Crippen LogP contribution in [0.15, 0.2) is 48.4 Å². The summed E-state index contributed by atoms with van der Waals surface area (Å²) < 4.78 is 39.0. The molecular weight excluding hydrogens is 269 g/mol. The van der Waals surface area contributed by atoms with Gasteiger partial charge in [0.05, 0.1) is 11.5 Å². The van der Waals surface area contributed by atoms with Crippen molar-refractivity contribution in [2.45, 2.75) is 11.5 Å². The summed E-state index contributed by atoms with van der Waals surface area (Å²) in [6, 6.07) is 3.32. The second kappa shape index (κ2) is 6.60. The van der Waals surface area contributed by atoms with E-state index in [1.165, 1.54) is 18.2 Å². The quantitative estimate of drug-likeness (QED) is 0.775. The second-order valence-electron chi connectivity index (χ2n) is 3.81. The standard InChI is InChI=1S/C13H16FNO3S/c1-3-7-15(8-4-2)19(17,18)12-5-6-13(14)11(9-12)10-16/h3-6,9,16H,1-2,7-8,10H2. The van der Waals surface area contributed by atoms with E-state index in [1.807, 2.05) is 0 Å². The SMILES string of the molecule is C=CCN(CC=C)S(=O)(=O)c1ccc(F)c(CO)c1. The Morgan fingerprint density at radius 2 is 1.84 bits per heavy atom. The molecule has 0 fully saturated rings. The maximum Gasteiger partial charge on any atom is 0.243 e. The highest BCUT2D eigenvalue weighted by Crippen LogP contribution is 2.19. The first-order valence-electron chi connectivity index (χ1n) is 5.58. The monoisotopic (exact) mass is 285 g/mol. The van der Waals surface area contributed by atoms with Crippen LogP contribution in [0, 0.1) is 5.82 Å². The van der Waals surface area contributed by atoms with Crippen LogP contribution in [-0.2, 0) is 16.6 Å². The van der Waals surface area contributed by atoms with Gasteiger partial charge >= 0.3 is 0 Å². The first-order valence-corrected chi connectivity index (χ1v) is 7.02. The van der Waals surface area contributed by atoms with Crippen molar-refractivity contribution in [3.63, 3.8) is 0 Å². The Labute approximate surface area is 112 Å². The summed E-state index contributed by atoms with van der Waals surface area (Å²) in [5, 5.41) is 8.97. The summed E-state index contributed by atoms with van der Waals surface area (Å²) in [7, 11) is -3.76. The fourth-order valence-corrected chi connectivity index (χ4v) is 2.97. The van der Waals surface area contributed by atoms with Gasteiger partial charge in [0.1, 0.15) is 5.82 Å². The van der Waals surface area contributed by atoms with Crippen LogP contribution in [0.2, 0.25) is 0 Å². The molecule has 0 saturated carbocycles. The Hall–Kier alpha value is -1.50. The summed E-state index contributed by atoms with van der Waals surface area (Å²) in [6.45, 7) is 6.69. The molecule has 0 aliphatic heterocycles. The van der Waals surface area contributed by atoms with Crippen molar-refractivity contribution >= 4 is 10.0 Å². The normalized spacial score (nSPS) is 11.5. The van der Waals surface area contributed by atoms with Gasteiger partial charge in [0.15, 0.2) is 0 Å². The predicted molar refractivity (Wildman–Crippen MR) is 71.5 cm³/mol. The lowest BCUT2D eigenvalue weighted by molar-refractivity contribution is 0.275. The molecule has 0 bridgehead atoms. The van der Waals surface area contributed by atoms with Crippen LogP contribution < -0.4 is 0 Å². The van der Waals surface area contributed by atoms with Crippen molar-refractivity contribution < 1.29 is 17.9 Å². The minimum Gasteiger partial charge on any atom is -0.392 e. The van der Waals surface area contributed by atoms with E-state index in [0.29, 0.717) is 0 Å². The lowest BCUT2D eigenvalue weighted by Crippen LogP contribution is -2.31. The fourth-order valence-electron chi connectivity index (χ4n) is 1.54. The third-order valence-electron chi connectivity index (χ3n) is 2.49. The third kappa shape index (κ3) is 3.50. The van der Waals surface area contributed by atoms with Crippen molar-refractivity contribution in [2.24, 2.45) is 0 Å². The molecule has 0 aromatic heterocycles. The van der Waals surface area contributed by atoms with Crippen molar-refractivity contribution in [3.8, 4) is 0 Å². The van der Waals surface area contributed by atoms with E-state index in [1.54, 1.807) is 0 Å². The Bertz CT molecular complexity index is 559. The molecule has 1 aromatic carbocycles. The first-order chi connectivity index (χ1) is 8.97. The zero-order chi connectivity index (χ0) is 14.5. The minimum atomic E-state index is -3.76. The number of rotatable bonds is 7. The lowest BCUT2D eigenvalue weighted by Gasteiger charge is -2.19. The topological polar surface area (TPSA) is 57.6 Å². The van der Waals surface area contributed by atoms with Crippen LogP contribution in [0.4, 0.5) is 4.39 Å². The molecule has 0 amide bonds. The van der Waals surface area contributed by atoms with Crippen LogP contribution in [0.1, 0.15) is 5.56 Å². The lowest BCUT2D eigenvalue weighted by atomic mass is 10.2. The Morgan fingerprint density at radius 3 is 2.32 bits per heavy atom. The zero-order valence-corrected chi connectivity index (χ0v) is 11.2. The average molecular weight is 285 g/mol. The van der Waals surface area contributed by atoms with E-state index in [9.17, 15) is 12.8 Å². The van der Waals surface area contributed by atoms with E-state index >= 15 is 0 Å². The summed E-state index contributed by atoms with van der Waals surface area (Å²) in [6.07, 6.45) is 2.91. The van der Waals surface area contributed by atoms with Gasteiger partial charge in [0, 0.05) is 18.7 Å². The van der Waals surface area contributed by atoms with Crippen molar-refractivity contribution in [1.29, 1.82) is 0 Å². The number of hydrogen-bond donors (Lipinski definition) is 1. The highest BCUT2D eigenvalue weighted by atomic mass is 32.2. The van der Waals surface area contributed by atoms with E-state index < -0.39 is 22.4 Å². The molecule has 4 nitrogen and oxygen atoms in total. The molecule has 104 valence electrons. The van der Waals surface area contributed by atoms with Gasteiger partial charge in [0.2, 0.25) is 10.0 Å². The van der Waals surface area contributed by atoms with Crippen LogP contribution in [0.3, 0.4) is 0 Å². The number of aliphatic hydroxyl groups is 1. The fraction of sp³-hybridized carbons (Fsp3) is 0.231. The van der Waals surface area contributed by atoms with Gasteiger partial charge in [0.25, 0.3) is 0 Å². The molecule has 0 saturated heterocycles. The smallest absolute Gasteiger partial charge is 0.243 e. The summed E-state index contributed by atoms with van der Waals surface area (Å²) in [5.41, 5.74) is -0.0572. The number of halogens is 1. The van der Waals surface area contributed by atoms with Gasteiger partial charge in [-0.05, 0) is 18.2 Å². The molecule has 1 N–H and O–H groups in total. The number of benzene rings is 1. The molecule has 6 heteroatoms. The van der Waals surface area contributed by atoms with Crippen LogP contribution in [0.5, 0.6) is 0 Å². The molecule has 0 radical (unpaired) electrons.